The zero-order valence-corrected chi connectivity index (χ0v) is 30.8. The maximum Gasteiger partial charge on any atom is 0.0857 e. The summed E-state index contributed by atoms with van der Waals surface area (Å²) in [6, 6.07) is 34.6. The van der Waals surface area contributed by atoms with Crippen molar-refractivity contribution in [1.82, 2.24) is 41.7 Å². The van der Waals surface area contributed by atoms with Crippen molar-refractivity contribution >= 4 is 11.4 Å². The van der Waals surface area contributed by atoms with Gasteiger partial charge in [-0.05, 0) is 57.6 Å². The second kappa shape index (κ2) is 21.6. The smallest absolute Gasteiger partial charge is 0.0857 e. The molecule has 6 rings (SSSR count). The van der Waals surface area contributed by atoms with Gasteiger partial charge in [0, 0.05) is 118 Å². The van der Waals surface area contributed by atoms with Crippen LogP contribution in [0.5, 0.6) is 0 Å². The normalized spacial score (nSPS) is 18.5. The third-order valence-corrected chi connectivity index (χ3v) is 9.74. The van der Waals surface area contributed by atoms with Gasteiger partial charge in [-0.25, -0.2) is 0 Å². The van der Waals surface area contributed by atoms with Crippen LogP contribution in [0.4, 0.5) is 11.4 Å². The van der Waals surface area contributed by atoms with E-state index in [1.165, 1.54) is 33.4 Å². The van der Waals surface area contributed by atoms with Crippen LogP contribution >= 0.6 is 0 Å². The first-order valence-electron chi connectivity index (χ1n) is 19.3. The zero-order valence-electron chi connectivity index (χ0n) is 30.8. The van der Waals surface area contributed by atoms with E-state index in [4.69, 9.17) is 0 Å². The van der Waals surface area contributed by atoms with Crippen LogP contribution in [0, 0.1) is 0 Å². The summed E-state index contributed by atoms with van der Waals surface area (Å²) in [6.45, 7) is 18.3. The first kappa shape index (κ1) is 37.9. The Morgan fingerprint density at radius 1 is 0.327 bits per heavy atom. The molecule has 2 saturated heterocycles. The highest BCUT2D eigenvalue weighted by Crippen LogP contribution is 2.27. The van der Waals surface area contributed by atoms with E-state index >= 15 is 0 Å². The number of hydrogen-bond donors (Lipinski definition) is 6. The standard InChI is InChI=1S/C42H58N10/c1-5-37(6-2-35(1)33-51-29-25-45-21-17-43-18-22-46-26-30-51)39-9-13-41(14-10-39)49-50-42-15-11-40(12-16-42)38-7-3-36(4-8-38)34-52-31-27-47-23-19-44-20-24-48-28-32-52/h1-16,43-48H,17-34H2. The molecule has 10 nitrogen and oxygen atoms in total. The maximum atomic E-state index is 4.52. The zero-order chi connectivity index (χ0) is 35.5. The highest BCUT2D eigenvalue weighted by atomic mass is 15.2. The fraction of sp³-hybridized carbons (Fsp3) is 0.429. The molecule has 2 heterocycles. The van der Waals surface area contributed by atoms with E-state index in [-0.39, 0.29) is 0 Å². The SMILES string of the molecule is c1cc(-c2ccc(N=Nc3ccc(-c4ccc(CN5CCNCCNCCNCC5)cc4)cc3)cc2)ccc1CN1CCNCCNCCNCC1. The Labute approximate surface area is 310 Å². The van der Waals surface area contributed by atoms with E-state index in [2.05, 4.69) is 125 Å². The van der Waals surface area contributed by atoms with E-state index < -0.39 is 0 Å². The summed E-state index contributed by atoms with van der Waals surface area (Å²) in [6.07, 6.45) is 0. The number of nitrogens with zero attached hydrogens (tertiary/aromatic N) is 4. The van der Waals surface area contributed by atoms with Gasteiger partial charge in [-0.1, -0.05) is 72.8 Å². The summed E-state index contributed by atoms with van der Waals surface area (Å²) in [5.41, 5.74) is 9.15. The van der Waals surface area contributed by atoms with Crippen LogP contribution in [-0.2, 0) is 13.1 Å². The Morgan fingerprint density at radius 2 is 0.577 bits per heavy atom. The molecule has 2 fully saturated rings. The number of azo groups is 1. The van der Waals surface area contributed by atoms with Crippen LogP contribution in [0.2, 0.25) is 0 Å². The average Bonchev–Trinajstić information content (AvgIpc) is 3.17. The van der Waals surface area contributed by atoms with Gasteiger partial charge >= 0.3 is 0 Å². The van der Waals surface area contributed by atoms with Crippen LogP contribution in [0.3, 0.4) is 0 Å². The molecule has 52 heavy (non-hydrogen) atoms. The molecule has 4 aromatic rings. The third kappa shape index (κ3) is 13.0. The van der Waals surface area contributed by atoms with Crippen molar-refractivity contribution in [3.63, 3.8) is 0 Å². The first-order chi connectivity index (χ1) is 25.8. The van der Waals surface area contributed by atoms with Crippen molar-refractivity contribution in [3.05, 3.63) is 108 Å². The highest BCUT2D eigenvalue weighted by molar-refractivity contribution is 5.67. The Hall–Kier alpha value is -3.84. The van der Waals surface area contributed by atoms with Crippen molar-refractivity contribution in [1.29, 1.82) is 0 Å². The summed E-state index contributed by atoms with van der Waals surface area (Å²) < 4.78 is 0. The molecular weight excluding hydrogens is 645 g/mol. The molecule has 0 amide bonds. The van der Waals surface area contributed by atoms with Crippen molar-refractivity contribution < 1.29 is 0 Å². The van der Waals surface area contributed by atoms with Crippen molar-refractivity contribution in [2.24, 2.45) is 10.2 Å². The Balaban J connectivity index is 0.976. The van der Waals surface area contributed by atoms with Gasteiger partial charge in [0.15, 0.2) is 0 Å². The van der Waals surface area contributed by atoms with Crippen LogP contribution in [0.25, 0.3) is 22.3 Å². The minimum absolute atomic E-state index is 0.842. The molecule has 0 aromatic heterocycles. The predicted molar refractivity (Wildman–Crippen MR) is 216 cm³/mol. The number of hydrogen-bond acceptors (Lipinski definition) is 10. The predicted octanol–water partition coefficient (Wildman–Crippen LogP) is 4.60. The maximum absolute atomic E-state index is 4.52. The molecule has 0 atom stereocenters. The number of nitrogens with one attached hydrogen (secondary N) is 6. The fourth-order valence-electron chi connectivity index (χ4n) is 6.62. The quantitative estimate of drug-likeness (QED) is 0.148. The average molecular weight is 703 g/mol. The molecule has 0 spiro atoms. The van der Waals surface area contributed by atoms with Gasteiger partial charge in [0.2, 0.25) is 0 Å². The van der Waals surface area contributed by atoms with Gasteiger partial charge in [0.1, 0.15) is 0 Å². The molecule has 0 radical (unpaired) electrons. The Bertz CT molecular complexity index is 1450. The van der Waals surface area contributed by atoms with E-state index in [1.807, 2.05) is 24.3 Å². The van der Waals surface area contributed by atoms with Gasteiger partial charge in [-0.2, -0.15) is 10.2 Å². The minimum atomic E-state index is 0.842. The number of rotatable bonds is 8. The molecule has 10 heteroatoms. The lowest BCUT2D eigenvalue weighted by molar-refractivity contribution is 0.263. The monoisotopic (exact) mass is 702 g/mol. The van der Waals surface area contributed by atoms with Crippen LogP contribution in [0.1, 0.15) is 11.1 Å². The van der Waals surface area contributed by atoms with Gasteiger partial charge in [0.25, 0.3) is 0 Å². The van der Waals surface area contributed by atoms with E-state index in [1.54, 1.807) is 0 Å². The molecule has 276 valence electrons. The largest absolute Gasteiger partial charge is 0.314 e. The summed E-state index contributed by atoms with van der Waals surface area (Å²) in [5, 5.41) is 30.2. The van der Waals surface area contributed by atoms with E-state index in [0.29, 0.717) is 0 Å². The molecule has 6 N–H and O–H groups in total. The summed E-state index contributed by atoms with van der Waals surface area (Å²) in [5.74, 6) is 0. The third-order valence-electron chi connectivity index (χ3n) is 9.74. The molecule has 2 aliphatic heterocycles. The minimum Gasteiger partial charge on any atom is -0.314 e. The first-order valence-corrected chi connectivity index (χ1v) is 19.3. The second-order valence-corrected chi connectivity index (χ2v) is 13.7. The molecule has 0 unspecified atom stereocenters. The number of benzene rings is 4. The van der Waals surface area contributed by atoms with Crippen molar-refractivity contribution in [2.45, 2.75) is 13.1 Å². The van der Waals surface area contributed by atoms with Crippen LogP contribution in [0.15, 0.2) is 107 Å². The van der Waals surface area contributed by atoms with Crippen molar-refractivity contribution in [2.75, 3.05) is 105 Å². The second-order valence-electron chi connectivity index (χ2n) is 13.7. The van der Waals surface area contributed by atoms with Gasteiger partial charge in [-0.15, -0.1) is 0 Å². The molecule has 0 aliphatic carbocycles. The van der Waals surface area contributed by atoms with Crippen LogP contribution < -0.4 is 31.9 Å². The summed E-state index contributed by atoms with van der Waals surface area (Å²) in [7, 11) is 0. The van der Waals surface area contributed by atoms with Crippen molar-refractivity contribution in [3.8, 4) is 22.3 Å². The lowest BCUT2D eigenvalue weighted by atomic mass is 10.0. The highest BCUT2D eigenvalue weighted by Gasteiger charge is 2.09. The lowest BCUT2D eigenvalue weighted by Gasteiger charge is -2.24. The van der Waals surface area contributed by atoms with E-state index in [9.17, 15) is 0 Å². The molecule has 0 saturated carbocycles. The molecule has 4 aromatic carbocycles. The topological polar surface area (TPSA) is 103 Å². The lowest BCUT2D eigenvalue weighted by Crippen LogP contribution is -2.41. The summed E-state index contributed by atoms with van der Waals surface area (Å²) >= 11 is 0. The summed E-state index contributed by atoms with van der Waals surface area (Å²) in [4.78, 5) is 5.07. The fourth-order valence-corrected chi connectivity index (χ4v) is 6.62. The van der Waals surface area contributed by atoms with Gasteiger partial charge < -0.3 is 31.9 Å². The van der Waals surface area contributed by atoms with Gasteiger partial charge in [0.05, 0.1) is 11.4 Å². The van der Waals surface area contributed by atoms with Gasteiger partial charge in [-0.3, -0.25) is 9.80 Å². The van der Waals surface area contributed by atoms with Crippen LogP contribution in [-0.4, -0.2) is 115 Å². The molecular formula is C42H58N10. The molecule has 0 bridgehead atoms. The molecule has 2 aliphatic rings. The van der Waals surface area contributed by atoms with E-state index in [0.717, 1.165) is 129 Å². The Morgan fingerprint density at radius 3 is 0.865 bits per heavy atom. The Kier molecular flexibility index (Phi) is 15.8.